The highest BCUT2D eigenvalue weighted by atomic mass is 32.2. The first-order valence-electron chi connectivity index (χ1n) is 5.87. The molecule has 0 radical (unpaired) electrons. The summed E-state index contributed by atoms with van der Waals surface area (Å²) in [6, 6.07) is 8.94. The van der Waals surface area contributed by atoms with Crippen molar-refractivity contribution >= 4 is 17.6 Å². The Morgan fingerprint density at radius 1 is 1.19 bits per heavy atom. The molecule has 3 heteroatoms. The first-order chi connectivity index (χ1) is 7.86. The fraction of sp³-hybridized carbons (Fsp3) is 0.462. The summed E-state index contributed by atoms with van der Waals surface area (Å²) >= 11 is 2.05. The zero-order chi connectivity index (χ0) is 11.0. The lowest BCUT2D eigenvalue weighted by Gasteiger charge is -2.32. The van der Waals surface area contributed by atoms with Gasteiger partial charge in [0, 0.05) is 18.2 Å². The molecule has 0 atom stereocenters. The third kappa shape index (κ3) is 1.63. The first kappa shape index (κ1) is 10.2. The molecule has 1 aromatic rings. The van der Waals surface area contributed by atoms with Gasteiger partial charge in [0.2, 0.25) is 0 Å². The highest BCUT2D eigenvalue weighted by Crippen LogP contribution is 2.29. The smallest absolute Gasteiger partial charge is 0.128 e. The molecular formula is C13H16N2S. The van der Waals surface area contributed by atoms with Gasteiger partial charge in [0.15, 0.2) is 0 Å². The molecular weight excluding hydrogens is 216 g/mol. The SMILES string of the molecule is N=C1c2ccccc2CN1C1CCSCC1. The summed E-state index contributed by atoms with van der Waals surface area (Å²) in [5, 5.41) is 8.24. The van der Waals surface area contributed by atoms with Gasteiger partial charge in [0.25, 0.3) is 0 Å². The van der Waals surface area contributed by atoms with Crippen molar-refractivity contribution in [3.05, 3.63) is 35.4 Å². The molecule has 16 heavy (non-hydrogen) atoms. The Morgan fingerprint density at radius 3 is 2.69 bits per heavy atom. The fourth-order valence-electron chi connectivity index (χ4n) is 2.61. The van der Waals surface area contributed by atoms with Crippen LogP contribution >= 0.6 is 11.8 Å². The molecule has 2 heterocycles. The maximum atomic E-state index is 8.24. The zero-order valence-corrected chi connectivity index (χ0v) is 10.1. The molecule has 84 valence electrons. The summed E-state index contributed by atoms with van der Waals surface area (Å²) in [5.74, 6) is 3.25. The highest BCUT2D eigenvalue weighted by Gasteiger charge is 2.30. The molecule has 0 aliphatic carbocycles. The van der Waals surface area contributed by atoms with Crippen LogP contribution in [0.15, 0.2) is 24.3 Å². The lowest BCUT2D eigenvalue weighted by molar-refractivity contribution is 0.296. The van der Waals surface area contributed by atoms with Crippen LogP contribution in [0.5, 0.6) is 0 Å². The molecule has 0 spiro atoms. The van der Waals surface area contributed by atoms with E-state index in [0.29, 0.717) is 6.04 Å². The second kappa shape index (κ2) is 4.13. The maximum absolute atomic E-state index is 8.24. The van der Waals surface area contributed by atoms with E-state index in [4.69, 9.17) is 5.41 Å². The van der Waals surface area contributed by atoms with E-state index in [9.17, 15) is 0 Å². The van der Waals surface area contributed by atoms with Crippen molar-refractivity contribution in [3.63, 3.8) is 0 Å². The Hall–Kier alpha value is -0.960. The number of hydrogen-bond acceptors (Lipinski definition) is 2. The number of fused-ring (bicyclic) bond motifs is 1. The minimum atomic E-state index is 0.598. The number of thioether (sulfide) groups is 1. The standard InChI is InChI=1S/C13H16N2S/c14-13-12-4-2-1-3-10(12)9-15(13)11-5-7-16-8-6-11/h1-4,11,14H,5-9H2. The number of amidine groups is 1. The summed E-state index contributed by atoms with van der Waals surface area (Å²) in [6.45, 7) is 0.949. The molecule has 0 amide bonds. The summed E-state index contributed by atoms with van der Waals surface area (Å²) in [6.07, 6.45) is 2.47. The van der Waals surface area contributed by atoms with Crippen LogP contribution in [0.1, 0.15) is 24.0 Å². The molecule has 3 rings (SSSR count). The van der Waals surface area contributed by atoms with Crippen LogP contribution in [0.2, 0.25) is 0 Å². The van der Waals surface area contributed by atoms with Gasteiger partial charge in [0.05, 0.1) is 0 Å². The van der Waals surface area contributed by atoms with Gasteiger partial charge in [-0.1, -0.05) is 24.3 Å². The molecule has 1 aromatic carbocycles. The number of rotatable bonds is 1. The van der Waals surface area contributed by atoms with E-state index in [1.54, 1.807) is 0 Å². The van der Waals surface area contributed by atoms with Crippen molar-refractivity contribution in [2.45, 2.75) is 25.4 Å². The van der Waals surface area contributed by atoms with Crippen molar-refractivity contribution < 1.29 is 0 Å². The average molecular weight is 232 g/mol. The molecule has 0 saturated carbocycles. The molecule has 1 fully saturated rings. The third-order valence-electron chi connectivity index (χ3n) is 3.53. The van der Waals surface area contributed by atoms with Crippen LogP contribution in [-0.4, -0.2) is 28.3 Å². The van der Waals surface area contributed by atoms with Crippen molar-refractivity contribution in [2.24, 2.45) is 0 Å². The molecule has 1 saturated heterocycles. The minimum absolute atomic E-state index is 0.598. The second-order valence-electron chi connectivity index (χ2n) is 4.48. The Kier molecular flexibility index (Phi) is 2.64. The van der Waals surface area contributed by atoms with Crippen molar-refractivity contribution in [1.29, 1.82) is 5.41 Å². The fourth-order valence-corrected chi connectivity index (χ4v) is 3.70. The summed E-state index contributed by atoms with van der Waals surface area (Å²) < 4.78 is 0. The van der Waals surface area contributed by atoms with E-state index in [2.05, 4.69) is 23.1 Å². The molecule has 2 nitrogen and oxygen atoms in total. The molecule has 2 aliphatic rings. The molecule has 2 aliphatic heterocycles. The van der Waals surface area contributed by atoms with Crippen molar-refractivity contribution in [1.82, 2.24) is 4.90 Å². The maximum Gasteiger partial charge on any atom is 0.128 e. The monoisotopic (exact) mass is 232 g/mol. The van der Waals surface area contributed by atoms with Gasteiger partial charge >= 0.3 is 0 Å². The lowest BCUT2D eigenvalue weighted by Crippen LogP contribution is -2.37. The quantitative estimate of drug-likeness (QED) is 0.806. The largest absolute Gasteiger partial charge is 0.349 e. The Labute approximate surface area is 101 Å². The number of hydrogen-bond donors (Lipinski definition) is 1. The van der Waals surface area contributed by atoms with Gasteiger partial charge in [-0.15, -0.1) is 0 Å². The predicted octanol–water partition coefficient (Wildman–Crippen LogP) is 2.72. The van der Waals surface area contributed by atoms with E-state index in [0.717, 1.165) is 17.9 Å². The van der Waals surface area contributed by atoms with Crippen LogP contribution in [0.25, 0.3) is 0 Å². The van der Waals surface area contributed by atoms with Gasteiger partial charge in [-0.2, -0.15) is 11.8 Å². The summed E-state index contributed by atoms with van der Waals surface area (Å²) in [4.78, 5) is 2.30. The Bertz CT molecular complexity index is 410. The summed E-state index contributed by atoms with van der Waals surface area (Å²) in [7, 11) is 0. The number of benzene rings is 1. The average Bonchev–Trinajstić information content (AvgIpc) is 2.69. The highest BCUT2D eigenvalue weighted by molar-refractivity contribution is 7.99. The first-order valence-corrected chi connectivity index (χ1v) is 7.03. The lowest BCUT2D eigenvalue weighted by atomic mass is 10.1. The van der Waals surface area contributed by atoms with E-state index >= 15 is 0 Å². The van der Waals surface area contributed by atoms with Crippen LogP contribution in [0.3, 0.4) is 0 Å². The molecule has 0 bridgehead atoms. The van der Waals surface area contributed by atoms with E-state index < -0.39 is 0 Å². The van der Waals surface area contributed by atoms with Gasteiger partial charge in [0.1, 0.15) is 5.84 Å². The summed E-state index contributed by atoms with van der Waals surface area (Å²) in [5.41, 5.74) is 2.46. The third-order valence-corrected chi connectivity index (χ3v) is 4.58. The number of nitrogens with zero attached hydrogens (tertiary/aromatic N) is 1. The normalized spacial score (nSPS) is 21.2. The van der Waals surface area contributed by atoms with Gasteiger partial charge in [-0.05, 0) is 29.9 Å². The Balaban J connectivity index is 1.83. The van der Waals surface area contributed by atoms with Gasteiger partial charge in [-0.25, -0.2) is 0 Å². The van der Waals surface area contributed by atoms with Crippen LogP contribution < -0.4 is 0 Å². The van der Waals surface area contributed by atoms with E-state index in [1.807, 2.05) is 17.8 Å². The zero-order valence-electron chi connectivity index (χ0n) is 9.28. The Morgan fingerprint density at radius 2 is 1.94 bits per heavy atom. The number of nitrogens with one attached hydrogen (secondary N) is 1. The second-order valence-corrected chi connectivity index (χ2v) is 5.70. The van der Waals surface area contributed by atoms with Gasteiger partial charge < -0.3 is 4.90 Å². The van der Waals surface area contributed by atoms with Gasteiger partial charge in [-0.3, -0.25) is 5.41 Å². The van der Waals surface area contributed by atoms with Crippen molar-refractivity contribution in [2.75, 3.05) is 11.5 Å². The van der Waals surface area contributed by atoms with Crippen LogP contribution in [0, 0.1) is 5.41 Å². The predicted molar refractivity (Wildman–Crippen MR) is 69.2 cm³/mol. The molecule has 1 N–H and O–H groups in total. The van der Waals surface area contributed by atoms with Crippen LogP contribution in [-0.2, 0) is 6.54 Å². The topological polar surface area (TPSA) is 27.1 Å². The minimum Gasteiger partial charge on any atom is -0.349 e. The van der Waals surface area contributed by atoms with Crippen LogP contribution in [0.4, 0.5) is 0 Å². The molecule has 0 unspecified atom stereocenters. The van der Waals surface area contributed by atoms with E-state index in [1.165, 1.54) is 29.9 Å². The van der Waals surface area contributed by atoms with E-state index in [-0.39, 0.29) is 0 Å². The van der Waals surface area contributed by atoms with Crippen molar-refractivity contribution in [3.8, 4) is 0 Å². The molecule has 0 aromatic heterocycles.